The van der Waals surface area contributed by atoms with Crippen molar-refractivity contribution in [2.45, 2.75) is 13.8 Å². The first kappa shape index (κ1) is 11.5. The van der Waals surface area contributed by atoms with Crippen LogP contribution in [0.15, 0.2) is 18.2 Å². The van der Waals surface area contributed by atoms with Crippen molar-refractivity contribution >= 4 is 0 Å². The highest BCUT2D eigenvalue weighted by Crippen LogP contribution is 2.30. The number of methoxy groups -OCH3 is 1. The van der Waals surface area contributed by atoms with Crippen molar-refractivity contribution in [2.24, 2.45) is 5.92 Å². The van der Waals surface area contributed by atoms with Crippen LogP contribution in [0.5, 0.6) is 11.5 Å². The average Bonchev–Trinajstić information content (AvgIpc) is 2.25. The van der Waals surface area contributed by atoms with Crippen LogP contribution in [0.1, 0.15) is 19.4 Å². The molecule has 80 valence electrons. The monoisotopic (exact) mass is 204 g/mol. The van der Waals surface area contributed by atoms with E-state index in [1.54, 1.807) is 7.11 Å². The Labute approximate surface area is 91.2 Å². The first-order chi connectivity index (χ1) is 7.19. The minimum atomic E-state index is 0.459. The van der Waals surface area contributed by atoms with Gasteiger partial charge < -0.3 is 9.47 Å². The van der Waals surface area contributed by atoms with Crippen molar-refractivity contribution in [1.82, 2.24) is 0 Å². The molecule has 1 rings (SSSR count). The highest BCUT2D eigenvalue weighted by atomic mass is 16.5. The van der Waals surface area contributed by atoms with Crippen LogP contribution in [0.3, 0.4) is 0 Å². The van der Waals surface area contributed by atoms with Crippen molar-refractivity contribution < 1.29 is 9.47 Å². The number of hydrogen-bond donors (Lipinski definition) is 0. The predicted molar refractivity (Wildman–Crippen MR) is 61.3 cm³/mol. The van der Waals surface area contributed by atoms with Gasteiger partial charge in [0, 0.05) is 0 Å². The second-order valence-electron chi connectivity index (χ2n) is 3.69. The molecule has 0 heterocycles. The van der Waals surface area contributed by atoms with E-state index in [0.29, 0.717) is 24.0 Å². The van der Waals surface area contributed by atoms with Crippen LogP contribution in [0, 0.1) is 18.3 Å². The Hall–Kier alpha value is -1.62. The van der Waals surface area contributed by atoms with Gasteiger partial charge in [0.15, 0.2) is 11.5 Å². The molecule has 2 nitrogen and oxygen atoms in total. The van der Waals surface area contributed by atoms with Gasteiger partial charge in [-0.15, -0.1) is 6.42 Å². The molecule has 0 atom stereocenters. The van der Waals surface area contributed by atoms with E-state index in [-0.39, 0.29) is 0 Å². The Morgan fingerprint density at radius 2 is 2.13 bits per heavy atom. The lowest BCUT2D eigenvalue weighted by molar-refractivity contribution is 0.256. The lowest BCUT2D eigenvalue weighted by Crippen LogP contribution is -2.06. The molecule has 0 bridgehead atoms. The van der Waals surface area contributed by atoms with Crippen molar-refractivity contribution in [1.29, 1.82) is 0 Å². The van der Waals surface area contributed by atoms with Gasteiger partial charge in [-0.2, -0.15) is 0 Å². The van der Waals surface area contributed by atoms with Gasteiger partial charge in [0.05, 0.1) is 19.3 Å². The highest BCUT2D eigenvalue weighted by molar-refractivity contribution is 5.53. The van der Waals surface area contributed by atoms with Gasteiger partial charge in [0.1, 0.15) is 0 Å². The van der Waals surface area contributed by atoms with Gasteiger partial charge in [-0.05, 0) is 18.1 Å². The number of rotatable bonds is 4. The predicted octanol–water partition coefficient (Wildman–Crippen LogP) is 2.71. The van der Waals surface area contributed by atoms with E-state index in [1.165, 1.54) is 0 Å². The lowest BCUT2D eigenvalue weighted by atomic mass is 10.2. The Morgan fingerprint density at radius 1 is 1.40 bits per heavy atom. The SMILES string of the molecule is C#Cc1cccc(OC)c1OCC(C)C. The van der Waals surface area contributed by atoms with Crippen LogP contribution in [-0.2, 0) is 0 Å². The van der Waals surface area contributed by atoms with Crippen LogP contribution in [0.25, 0.3) is 0 Å². The molecule has 0 amide bonds. The van der Waals surface area contributed by atoms with Crippen LogP contribution in [0.2, 0.25) is 0 Å². The second-order valence-corrected chi connectivity index (χ2v) is 3.69. The van der Waals surface area contributed by atoms with E-state index in [0.717, 1.165) is 5.56 Å². The topological polar surface area (TPSA) is 18.5 Å². The van der Waals surface area contributed by atoms with Crippen LogP contribution in [-0.4, -0.2) is 13.7 Å². The molecule has 0 aliphatic rings. The van der Waals surface area contributed by atoms with Gasteiger partial charge >= 0.3 is 0 Å². The summed E-state index contributed by atoms with van der Waals surface area (Å²) in [7, 11) is 1.61. The summed E-state index contributed by atoms with van der Waals surface area (Å²) in [5, 5.41) is 0. The molecular formula is C13H16O2. The normalized spacial score (nSPS) is 9.80. The zero-order valence-corrected chi connectivity index (χ0v) is 9.41. The molecule has 2 heteroatoms. The Balaban J connectivity index is 2.96. The summed E-state index contributed by atoms with van der Waals surface area (Å²) in [6.07, 6.45) is 5.40. The molecule has 1 aromatic carbocycles. The summed E-state index contributed by atoms with van der Waals surface area (Å²) < 4.78 is 10.8. The summed E-state index contributed by atoms with van der Waals surface area (Å²) >= 11 is 0. The summed E-state index contributed by atoms with van der Waals surface area (Å²) in [4.78, 5) is 0. The van der Waals surface area contributed by atoms with E-state index in [9.17, 15) is 0 Å². The second kappa shape index (κ2) is 5.31. The van der Waals surface area contributed by atoms with Crippen molar-refractivity contribution in [2.75, 3.05) is 13.7 Å². The minimum Gasteiger partial charge on any atom is -0.493 e. The zero-order valence-electron chi connectivity index (χ0n) is 9.41. The molecule has 0 saturated heterocycles. The molecule has 0 N–H and O–H groups in total. The van der Waals surface area contributed by atoms with E-state index < -0.39 is 0 Å². The number of para-hydroxylation sites is 1. The van der Waals surface area contributed by atoms with Gasteiger partial charge in [-0.25, -0.2) is 0 Å². The van der Waals surface area contributed by atoms with Crippen molar-refractivity contribution in [3.05, 3.63) is 23.8 Å². The third-order valence-electron chi connectivity index (χ3n) is 1.92. The Morgan fingerprint density at radius 3 is 2.67 bits per heavy atom. The van der Waals surface area contributed by atoms with Crippen LogP contribution in [0.4, 0.5) is 0 Å². The average molecular weight is 204 g/mol. The standard InChI is InChI=1S/C13H16O2/c1-5-11-7-6-8-12(14-4)13(11)15-9-10(2)3/h1,6-8,10H,9H2,2-4H3. The number of hydrogen-bond acceptors (Lipinski definition) is 2. The molecule has 0 radical (unpaired) electrons. The number of terminal acetylenes is 1. The lowest BCUT2D eigenvalue weighted by Gasteiger charge is -2.13. The maximum absolute atomic E-state index is 5.64. The molecule has 0 aliphatic heterocycles. The number of ether oxygens (including phenoxy) is 2. The third-order valence-corrected chi connectivity index (χ3v) is 1.92. The Kier molecular flexibility index (Phi) is 4.05. The molecule has 0 unspecified atom stereocenters. The summed E-state index contributed by atoms with van der Waals surface area (Å²) in [5.74, 6) is 4.40. The van der Waals surface area contributed by atoms with Crippen LogP contribution >= 0.6 is 0 Å². The molecule has 1 aromatic rings. The van der Waals surface area contributed by atoms with E-state index >= 15 is 0 Å². The highest BCUT2D eigenvalue weighted by Gasteiger charge is 2.09. The summed E-state index contributed by atoms with van der Waals surface area (Å²) in [5.41, 5.74) is 0.731. The van der Waals surface area contributed by atoms with Gasteiger partial charge in [0.2, 0.25) is 0 Å². The molecule has 0 saturated carbocycles. The largest absolute Gasteiger partial charge is 0.493 e. The molecule has 0 aliphatic carbocycles. The quantitative estimate of drug-likeness (QED) is 0.702. The molecule has 0 spiro atoms. The number of benzene rings is 1. The third kappa shape index (κ3) is 2.92. The fraction of sp³-hybridized carbons (Fsp3) is 0.385. The fourth-order valence-corrected chi connectivity index (χ4v) is 1.19. The van der Waals surface area contributed by atoms with Crippen molar-refractivity contribution in [3.63, 3.8) is 0 Å². The van der Waals surface area contributed by atoms with Gasteiger partial charge in [-0.1, -0.05) is 25.8 Å². The van der Waals surface area contributed by atoms with Gasteiger partial charge in [0.25, 0.3) is 0 Å². The van der Waals surface area contributed by atoms with E-state index in [2.05, 4.69) is 19.8 Å². The maximum Gasteiger partial charge on any atom is 0.176 e. The van der Waals surface area contributed by atoms with E-state index in [1.807, 2.05) is 18.2 Å². The van der Waals surface area contributed by atoms with E-state index in [4.69, 9.17) is 15.9 Å². The molecule has 0 fully saturated rings. The first-order valence-electron chi connectivity index (χ1n) is 4.95. The molecule has 15 heavy (non-hydrogen) atoms. The molecule has 0 aromatic heterocycles. The van der Waals surface area contributed by atoms with Crippen LogP contribution < -0.4 is 9.47 Å². The maximum atomic E-state index is 5.64. The first-order valence-corrected chi connectivity index (χ1v) is 4.95. The fourth-order valence-electron chi connectivity index (χ4n) is 1.19. The van der Waals surface area contributed by atoms with Gasteiger partial charge in [-0.3, -0.25) is 0 Å². The molecular weight excluding hydrogens is 188 g/mol. The Bertz CT molecular complexity index is 361. The smallest absolute Gasteiger partial charge is 0.176 e. The van der Waals surface area contributed by atoms with Crippen molar-refractivity contribution in [3.8, 4) is 23.8 Å². The minimum absolute atomic E-state index is 0.459. The summed E-state index contributed by atoms with van der Waals surface area (Å²) in [6, 6.07) is 5.55. The summed E-state index contributed by atoms with van der Waals surface area (Å²) in [6.45, 7) is 4.81. The zero-order chi connectivity index (χ0) is 11.3.